The number of nitrogens with one attached hydrogen (secondary N) is 1. The Morgan fingerprint density at radius 2 is 1.77 bits per heavy atom. The number of ether oxygens (including phenoxy) is 2. The number of hydrogen-bond acceptors (Lipinski definition) is 6. The van der Waals surface area contributed by atoms with E-state index in [1.807, 2.05) is 6.92 Å². The Balaban J connectivity index is 1.64. The van der Waals surface area contributed by atoms with Gasteiger partial charge in [-0.05, 0) is 44.2 Å². The van der Waals surface area contributed by atoms with Crippen molar-refractivity contribution in [3.63, 3.8) is 0 Å². The second-order valence-corrected chi connectivity index (χ2v) is 6.68. The van der Waals surface area contributed by atoms with Crippen molar-refractivity contribution in [2.75, 3.05) is 11.9 Å². The summed E-state index contributed by atoms with van der Waals surface area (Å²) in [4.78, 5) is 36.9. The summed E-state index contributed by atoms with van der Waals surface area (Å²) < 4.78 is 11.8. The van der Waals surface area contributed by atoms with Gasteiger partial charge in [-0.2, -0.15) is 5.10 Å². The van der Waals surface area contributed by atoms with Crippen LogP contribution < -0.4 is 15.6 Å². The molecule has 156 valence electrons. The highest BCUT2D eigenvalue weighted by Gasteiger charge is 2.20. The average molecular weight is 409 g/mol. The Labute approximate surface area is 173 Å². The SMILES string of the molecule is CCOc1ccc(NC(=O)[C@@H](C)OC(=O)Cc2nn(C)c(=O)c3ccccc23)cc1. The van der Waals surface area contributed by atoms with Crippen LogP contribution >= 0.6 is 0 Å². The predicted octanol–water partition coefficient (Wildman–Crippen LogP) is 2.45. The standard InChI is InChI=1S/C22H23N3O5/c1-4-29-16-11-9-15(10-12-16)23-21(27)14(2)30-20(26)13-19-17-7-5-6-8-18(17)22(28)25(3)24-19/h5-12,14H,4,13H2,1-3H3,(H,23,27)/t14-/m1/s1. The van der Waals surface area contributed by atoms with Crippen LogP contribution in [0, 0.1) is 0 Å². The highest BCUT2D eigenvalue weighted by atomic mass is 16.5. The first-order valence-corrected chi connectivity index (χ1v) is 9.57. The van der Waals surface area contributed by atoms with Gasteiger partial charge in [-0.25, -0.2) is 4.68 Å². The van der Waals surface area contributed by atoms with E-state index in [2.05, 4.69) is 10.4 Å². The molecule has 0 fully saturated rings. The molecular formula is C22H23N3O5. The van der Waals surface area contributed by atoms with E-state index in [0.717, 1.165) is 0 Å². The van der Waals surface area contributed by atoms with E-state index >= 15 is 0 Å². The minimum atomic E-state index is -0.997. The molecule has 0 unspecified atom stereocenters. The third-order valence-corrected chi connectivity index (χ3v) is 4.46. The van der Waals surface area contributed by atoms with Crippen LogP contribution in [0.4, 0.5) is 5.69 Å². The van der Waals surface area contributed by atoms with Crippen molar-refractivity contribution in [2.24, 2.45) is 7.05 Å². The zero-order chi connectivity index (χ0) is 21.7. The summed E-state index contributed by atoms with van der Waals surface area (Å²) in [7, 11) is 1.52. The van der Waals surface area contributed by atoms with Gasteiger partial charge >= 0.3 is 5.97 Å². The van der Waals surface area contributed by atoms with Gasteiger partial charge in [0.15, 0.2) is 6.10 Å². The van der Waals surface area contributed by atoms with Crippen molar-refractivity contribution in [2.45, 2.75) is 26.4 Å². The third kappa shape index (κ3) is 4.83. The van der Waals surface area contributed by atoms with Gasteiger partial charge in [0.1, 0.15) is 5.75 Å². The van der Waals surface area contributed by atoms with Crippen LogP contribution in [0.5, 0.6) is 5.75 Å². The van der Waals surface area contributed by atoms with Crippen molar-refractivity contribution in [3.05, 3.63) is 64.6 Å². The molecule has 0 bridgehead atoms. The lowest BCUT2D eigenvalue weighted by Gasteiger charge is -2.14. The van der Waals surface area contributed by atoms with Crippen molar-refractivity contribution in [1.82, 2.24) is 9.78 Å². The molecule has 3 rings (SSSR count). The number of esters is 1. The normalized spacial score (nSPS) is 11.7. The van der Waals surface area contributed by atoms with Gasteiger partial charge in [0.05, 0.1) is 24.1 Å². The van der Waals surface area contributed by atoms with E-state index in [1.165, 1.54) is 18.7 Å². The molecule has 1 N–H and O–H groups in total. The van der Waals surface area contributed by atoms with Gasteiger partial charge in [-0.3, -0.25) is 14.4 Å². The van der Waals surface area contributed by atoms with E-state index in [-0.39, 0.29) is 12.0 Å². The Hall–Kier alpha value is -3.68. The fourth-order valence-electron chi connectivity index (χ4n) is 2.98. The number of aromatic nitrogens is 2. The van der Waals surface area contributed by atoms with Gasteiger partial charge < -0.3 is 14.8 Å². The lowest BCUT2D eigenvalue weighted by molar-refractivity contribution is -0.152. The molecule has 0 aliphatic carbocycles. The third-order valence-electron chi connectivity index (χ3n) is 4.46. The first-order valence-electron chi connectivity index (χ1n) is 9.57. The Bertz CT molecular complexity index is 1120. The molecular weight excluding hydrogens is 386 g/mol. The number of carbonyl (C=O) groups excluding carboxylic acids is 2. The maximum absolute atomic E-state index is 12.4. The number of rotatable bonds is 7. The fourth-order valence-corrected chi connectivity index (χ4v) is 2.98. The maximum Gasteiger partial charge on any atom is 0.312 e. The van der Waals surface area contributed by atoms with Crippen molar-refractivity contribution in [1.29, 1.82) is 0 Å². The molecule has 1 aromatic heterocycles. The summed E-state index contributed by atoms with van der Waals surface area (Å²) in [5.41, 5.74) is 0.736. The number of nitrogens with zero attached hydrogens (tertiary/aromatic N) is 2. The van der Waals surface area contributed by atoms with Gasteiger partial charge in [0.25, 0.3) is 11.5 Å². The lowest BCUT2D eigenvalue weighted by Crippen LogP contribution is -2.31. The summed E-state index contributed by atoms with van der Waals surface area (Å²) in [6, 6.07) is 13.8. The highest BCUT2D eigenvalue weighted by molar-refractivity contribution is 5.95. The summed E-state index contributed by atoms with van der Waals surface area (Å²) in [6.07, 6.45) is -1.15. The largest absolute Gasteiger partial charge is 0.494 e. The van der Waals surface area contributed by atoms with Crippen LogP contribution in [0.25, 0.3) is 10.8 Å². The number of carbonyl (C=O) groups is 2. The Kier molecular flexibility index (Phi) is 6.46. The molecule has 0 spiro atoms. The van der Waals surface area contributed by atoms with Crippen molar-refractivity contribution >= 4 is 28.3 Å². The quantitative estimate of drug-likeness (QED) is 0.602. The number of hydrogen-bond donors (Lipinski definition) is 1. The van der Waals surface area contributed by atoms with E-state index in [4.69, 9.17) is 9.47 Å². The second kappa shape index (κ2) is 9.21. The summed E-state index contributed by atoms with van der Waals surface area (Å²) in [5, 5.41) is 7.93. The van der Waals surface area contributed by atoms with Crippen molar-refractivity contribution < 1.29 is 19.1 Å². The summed E-state index contributed by atoms with van der Waals surface area (Å²) >= 11 is 0. The maximum atomic E-state index is 12.4. The van der Waals surface area contributed by atoms with Crippen LogP contribution in [0.15, 0.2) is 53.3 Å². The van der Waals surface area contributed by atoms with E-state index in [9.17, 15) is 14.4 Å². The monoisotopic (exact) mass is 409 g/mol. The van der Waals surface area contributed by atoms with Gasteiger partial charge in [0, 0.05) is 18.1 Å². The molecule has 8 heteroatoms. The highest BCUT2D eigenvalue weighted by Crippen LogP contribution is 2.17. The van der Waals surface area contributed by atoms with E-state index < -0.39 is 18.0 Å². The molecule has 1 atom stereocenters. The van der Waals surface area contributed by atoms with Crippen molar-refractivity contribution in [3.8, 4) is 5.75 Å². The average Bonchev–Trinajstić information content (AvgIpc) is 2.73. The molecule has 3 aromatic rings. The van der Waals surface area contributed by atoms with E-state index in [1.54, 1.807) is 48.5 Å². The fraction of sp³-hybridized carbons (Fsp3) is 0.273. The van der Waals surface area contributed by atoms with Gasteiger partial charge in [-0.15, -0.1) is 0 Å². The Morgan fingerprint density at radius 3 is 2.43 bits per heavy atom. The van der Waals surface area contributed by atoms with Gasteiger partial charge in [0.2, 0.25) is 0 Å². The molecule has 0 aliphatic heterocycles. The zero-order valence-corrected chi connectivity index (χ0v) is 17.0. The smallest absolute Gasteiger partial charge is 0.312 e. The first kappa shape index (κ1) is 21.0. The number of aryl methyl sites for hydroxylation is 1. The summed E-state index contributed by atoms with van der Waals surface area (Å²) in [6.45, 7) is 3.94. The number of amides is 1. The molecule has 30 heavy (non-hydrogen) atoms. The van der Waals surface area contributed by atoms with Crippen LogP contribution in [0.2, 0.25) is 0 Å². The minimum absolute atomic E-state index is 0.157. The second-order valence-electron chi connectivity index (χ2n) is 6.68. The molecule has 0 saturated heterocycles. The van der Waals surface area contributed by atoms with Crippen LogP contribution in [-0.4, -0.2) is 34.4 Å². The number of anilines is 1. The van der Waals surface area contributed by atoms with Gasteiger partial charge in [-0.1, -0.05) is 18.2 Å². The molecule has 2 aromatic carbocycles. The Morgan fingerprint density at radius 1 is 1.10 bits per heavy atom. The zero-order valence-electron chi connectivity index (χ0n) is 17.0. The lowest BCUT2D eigenvalue weighted by atomic mass is 10.1. The molecule has 1 heterocycles. The van der Waals surface area contributed by atoms with Crippen LogP contribution in [0.3, 0.4) is 0 Å². The molecule has 1 amide bonds. The van der Waals surface area contributed by atoms with E-state index in [0.29, 0.717) is 34.5 Å². The predicted molar refractivity (Wildman–Crippen MR) is 112 cm³/mol. The number of benzene rings is 2. The van der Waals surface area contributed by atoms with Crippen LogP contribution in [0.1, 0.15) is 19.5 Å². The molecule has 0 radical (unpaired) electrons. The number of fused-ring (bicyclic) bond motifs is 1. The molecule has 0 saturated carbocycles. The first-order chi connectivity index (χ1) is 14.4. The molecule has 0 aliphatic rings. The molecule has 8 nitrogen and oxygen atoms in total. The minimum Gasteiger partial charge on any atom is -0.494 e. The van der Waals surface area contributed by atoms with Crippen LogP contribution in [-0.2, 0) is 27.8 Å². The summed E-state index contributed by atoms with van der Waals surface area (Å²) in [5.74, 6) is -0.363. The topological polar surface area (TPSA) is 99.5 Å².